The first-order valence-electron chi connectivity index (χ1n) is 8.13. The van der Waals surface area contributed by atoms with Crippen LogP contribution in [0.4, 0.5) is 4.79 Å². The predicted molar refractivity (Wildman–Crippen MR) is 85.6 cm³/mol. The first-order valence-corrected chi connectivity index (χ1v) is 8.13. The van der Waals surface area contributed by atoms with Gasteiger partial charge in [0.15, 0.2) is 0 Å². The summed E-state index contributed by atoms with van der Waals surface area (Å²) in [4.78, 5) is 11.7. The van der Waals surface area contributed by atoms with E-state index < -0.39 is 5.60 Å². The van der Waals surface area contributed by atoms with E-state index in [1.165, 1.54) is 0 Å². The first kappa shape index (κ1) is 16.8. The molecule has 1 aromatic heterocycles. The molecule has 1 heterocycles. The number of rotatable bonds is 6. The summed E-state index contributed by atoms with van der Waals surface area (Å²) < 4.78 is 7.24. The Kier molecular flexibility index (Phi) is 5.83. The van der Waals surface area contributed by atoms with Crippen molar-refractivity contribution in [2.24, 2.45) is 0 Å². The fraction of sp³-hybridized carbons (Fsp3) is 0.750. The maximum Gasteiger partial charge on any atom is 0.407 e. The quantitative estimate of drug-likeness (QED) is 0.791. The lowest BCUT2D eigenvalue weighted by Gasteiger charge is -2.21. The molecule has 0 saturated heterocycles. The molecular formula is C16H28N4O2. The van der Waals surface area contributed by atoms with E-state index in [-0.39, 0.29) is 12.1 Å². The molecule has 1 saturated carbocycles. The molecule has 2 N–H and O–H groups in total. The van der Waals surface area contributed by atoms with Crippen LogP contribution < -0.4 is 10.6 Å². The van der Waals surface area contributed by atoms with Crippen molar-refractivity contribution >= 4 is 6.09 Å². The normalized spacial score (nSPS) is 21.8. The predicted octanol–water partition coefficient (Wildman–Crippen LogP) is 2.31. The first-order chi connectivity index (χ1) is 10.4. The lowest BCUT2D eigenvalue weighted by Crippen LogP contribution is -2.39. The summed E-state index contributed by atoms with van der Waals surface area (Å²) in [5.41, 5.74) is -0.438. The van der Waals surface area contributed by atoms with Crippen LogP contribution in [0.25, 0.3) is 0 Å². The van der Waals surface area contributed by atoms with Gasteiger partial charge in [-0.3, -0.25) is 4.68 Å². The Labute approximate surface area is 132 Å². The standard InChI is InChI=1S/C16H28N4O2/c1-16(2,3)22-15(21)19-14-7-6-13(12-14)17-8-4-10-20-11-5-9-18-20/h5,9,11,13-14,17H,4,6-8,10,12H2,1-3H3,(H,19,21). The number of carbonyl (C=O) groups excluding carboxylic acids is 1. The number of amides is 1. The molecule has 124 valence electrons. The fourth-order valence-electron chi connectivity index (χ4n) is 2.75. The largest absolute Gasteiger partial charge is 0.444 e. The summed E-state index contributed by atoms with van der Waals surface area (Å²) in [5, 5.41) is 10.7. The van der Waals surface area contributed by atoms with E-state index in [0.717, 1.165) is 38.8 Å². The Morgan fingerprint density at radius 2 is 2.14 bits per heavy atom. The van der Waals surface area contributed by atoms with Crippen molar-refractivity contribution in [2.75, 3.05) is 6.54 Å². The Morgan fingerprint density at radius 1 is 1.36 bits per heavy atom. The van der Waals surface area contributed by atoms with Gasteiger partial charge in [0.2, 0.25) is 0 Å². The summed E-state index contributed by atoms with van der Waals surface area (Å²) in [6, 6.07) is 2.65. The minimum Gasteiger partial charge on any atom is -0.444 e. The average molecular weight is 308 g/mol. The molecule has 1 aromatic rings. The number of hydrogen-bond donors (Lipinski definition) is 2. The van der Waals surface area contributed by atoms with Crippen molar-refractivity contribution in [1.29, 1.82) is 0 Å². The molecule has 0 aliphatic heterocycles. The van der Waals surface area contributed by atoms with E-state index in [0.29, 0.717) is 6.04 Å². The van der Waals surface area contributed by atoms with Crippen molar-refractivity contribution < 1.29 is 9.53 Å². The third-order valence-electron chi connectivity index (χ3n) is 3.71. The van der Waals surface area contributed by atoms with Crippen LogP contribution in [0.2, 0.25) is 0 Å². The zero-order valence-electron chi connectivity index (χ0n) is 13.8. The maximum absolute atomic E-state index is 11.7. The van der Waals surface area contributed by atoms with E-state index in [1.807, 2.05) is 37.7 Å². The second-order valence-corrected chi connectivity index (χ2v) is 6.93. The smallest absolute Gasteiger partial charge is 0.407 e. The van der Waals surface area contributed by atoms with Crippen molar-refractivity contribution in [3.05, 3.63) is 18.5 Å². The van der Waals surface area contributed by atoms with Gasteiger partial charge >= 0.3 is 6.09 Å². The monoisotopic (exact) mass is 308 g/mol. The number of ether oxygens (including phenoxy) is 1. The van der Waals surface area contributed by atoms with Gasteiger partial charge in [0, 0.05) is 31.0 Å². The van der Waals surface area contributed by atoms with Crippen LogP contribution in [0.5, 0.6) is 0 Å². The molecule has 1 fully saturated rings. The van der Waals surface area contributed by atoms with Crippen molar-refractivity contribution in [3.8, 4) is 0 Å². The van der Waals surface area contributed by atoms with Crippen LogP contribution in [0.15, 0.2) is 18.5 Å². The molecule has 6 heteroatoms. The molecule has 2 unspecified atom stereocenters. The summed E-state index contributed by atoms with van der Waals surface area (Å²) in [7, 11) is 0. The van der Waals surface area contributed by atoms with Crippen molar-refractivity contribution in [3.63, 3.8) is 0 Å². The number of carbonyl (C=O) groups is 1. The highest BCUT2D eigenvalue weighted by Crippen LogP contribution is 2.19. The highest BCUT2D eigenvalue weighted by Gasteiger charge is 2.27. The van der Waals surface area contributed by atoms with Crippen LogP contribution >= 0.6 is 0 Å². The minimum absolute atomic E-state index is 0.221. The summed E-state index contributed by atoms with van der Waals surface area (Å²) in [6.07, 6.45) is 7.62. The van der Waals surface area contributed by atoms with Crippen molar-refractivity contribution in [2.45, 2.75) is 70.7 Å². The Bertz CT molecular complexity index is 453. The Morgan fingerprint density at radius 3 is 2.82 bits per heavy atom. The lowest BCUT2D eigenvalue weighted by atomic mass is 10.2. The number of nitrogens with one attached hydrogen (secondary N) is 2. The molecule has 1 aliphatic rings. The molecule has 1 amide bonds. The molecular weight excluding hydrogens is 280 g/mol. The van der Waals surface area contributed by atoms with Gasteiger partial charge < -0.3 is 15.4 Å². The van der Waals surface area contributed by atoms with Crippen LogP contribution in [0, 0.1) is 0 Å². The zero-order chi connectivity index (χ0) is 16.0. The van der Waals surface area contributed by atoms with Gasteiger partial charge in [0.1, 0.15) is 5.60 Å². The SMILES string of the molecule is CC(C)(C)OC(=O)NC1CCC(NCCCn2cccn2)C1. The fourth-order valence-corrected chi connectivity index (χ4v) is 2.75. The van der Waals surface area contributed by atoms with Crippen LogP contribution in [0.1, 0.15) is 46.5 Å². The molecule has 0 aromatic carbocycles. The third kappa shape index (κ3) is 6.05. The lowest BCUT2D eigenvalue weighted by molar-refractivity contribution is 0.0505. The van der Waals surface area contributed by atoms with E-state index >= 15 is 0 Å². The van der Waals surface area contributed by atoms with Gasteiger partial charge in [0.05, 0.1) is 0 Å². The molecule has 6 nitrogen and oxygen atoms in total. The molecule has 2 rings (SSSR count). The van der Waals surface area contributed by atoms with Gasteiger partial charge in [-0.2, -0.15) is 5.10 Å². The van der Waals surface area contributed by atoms with E-state index in [9.17, 15) is 4.79 Å². The molecule has 0 radical (unpaired) electrons. The van der Waals surface area contributed by atoms with E-state index in [4.69, 9.17) is 4.74 Å². The summed E-state index contributed by atoms with van der Waals surface area (Å²) >= 11 is 0. The number of aromatic nitrogens is 2. The van der Waals surface area contributed by atoms with E-state index in [2.05, 4.69) is 15.7 Å². The highest BCUT2D eigenvalue weighted by atomic mass is 16.6. The summed E-state index contributed by atoms with van der Waals surface area (Å²) in [6.45, 7) is 7.55. The van der Waals surface area contributed by atoms with Gasteiger partial charge in [-0.1, -0.05) is 0 Å². The maximum atomic E-state index is 11.7. The number of nitrogens with zero attached hydrogens (tertiary/aromatic N) is 2. The average Bonchev–Trinajstić information content (AvgIpc) is 3.04. The number of alkyl carbamates (subject to hydrolysis) is 1. The zero-order valence-corrected chi connectivity index (χ0v) is 13.8. The molecule has 2 atom stereocenters. The van der Waals surface area contributed by atoms with Crippen molar-refractivity contribution in [1.82, 2.24) is 20.4 Å². The minimum atomic E-state index is -0.438. The second kappa shape index (κ2) is 7.63. The second-order valence-electron chi connectivity index (χ2n) is 6.93. The Balaban J connectivity index is 1.58. The van der Waals surface area contributed by atoms with Crippen LogP contribution in [-0.2, 0) is 11.3 Å². The van der Waals surface area contributed by atoms with Crippen LogP contribution in [-0.4, -0.2) is 40.1 Å². The third-order valence-corrected chi connectivity index (χ3v) is 3.71. The molecule has 1 aliphatic carbocycles. The van der Waals surface area contributed by atoms with Gasteiger partial charge in [-0.25, -0.2) is 4.79 Å². The molecule has 22 heavy (non-hydrogen) atoms. The van der Waals surface area contributed by atoms with Gasteiger partial charge in [-0.15, -0.1) is 0 Å². The Hall–Kier alpha value is -1.56. The van der Waals surface area contributed by atoms with E-state index in [1.54, 1.807) is 6.20 Å². The van der Waals surface area contributed by atoms with Gasteiger partial charge in [-0.05, 0) is 59.1 Å². The molecule has 0 spiro atoms. The topological polar surface area (TPSA) is 68.2 Å². The number of hydrogen-bond acceptors (Lipinski definition) is 4. The summed E-state index contributed by atoms with van der Waals surface area (Å²) in [5.74, 6) is 0. The molecule has 0 bridgehead atoms. The number of aryl methyl sites for hydroxylation is 1. The highest BCUT2D eigenvalue weighted by molar-refractivity contribution is 5.68. The van der Waals surface area contributed by atoms with Crippen LogP contribution in [0.3, 0.4) is 0 Å². The van der Waals surface area contributed by atoms with Gasteiger partial charge in [0.25, 0.3) is 0 Å².